The molecule has 0 unspecified atom stereocenters. The molecular formula is C18H20N2O2. The van der Waals surface area contributed by atoms with Crippen LogP contribution in [0.1, 0.15) is 19.8 Å². The van der Waals surface area contributed by atoms with Crippen molar-refractivity contribution in [3.05, 3.63) is 42.5 Å². The van der Waals surface area contributed by atoms with Gasteiger partial charge in [0, 0.05) is 12.6 Å². The minimum atomic E-state index is 0.187. The number of ether oxygens (including phenoxy) is 1. The Morgan fingerprint density at radius 3 is 2.73 bits per heavy atom. The van der Waals surface area contributed by atoms with Gasteiger partial charge in [0.2, 0.25) is 0 Å². The summed E-state index contributed by atoms with van der Waals surface area (Å²) in [7, 11) is 1.59. The second-order valence-electron chi connectivity index (χ2n) is 5.31. The van der Waals surface area contributed by atoms with Crippen LogP contribution in [-0.4, -0.2) is 21.8 Å². The molecular weight excluding hydrogens is 276 g/mol. The Balaban J connectivity index is 2.16. The van der Waals surface area contributed by atoms with Crippen molar-refractivity contribution in [2.75, 3.05) is 7.11 Å². The molecule has 1 N–H and O–H groups in total. The molecule has 0 atom stereocenters. The van der Waals surface area contributed by atoms with Crippen molar-refractivity contribution in [1.82, 2.24) is 9.55 Å². The fourth-order valence-electron chi connectivity index (χ4n) is 2.65. The van der Waals surface area contributed by atoms with Crippen LogP contribution in [-0.2, 0) is 6.54 Å². The molecule has 0 radical (unpaired) electrons. The SMILES string of the molecule is CCCCn1c(-c2ccc(OC)cc2O)nc2ccccc21. The summed E-state index contributed by atoms with van der Waals surface area (Å²) in [6, 6.07) is 13.4. The molecule has 0 saturated carbocycles. The quantitative estimate of drug-likeness (QED) is 0.767. The molecule has 0 aliphatic heterocycles. The smallest absolute Gasteiger partial charge is 0.144 e. The number of aryl methyl sites for hydroxylation is 1. The molecule has 0 bridgehead atoms. The highest BCUT2D eigenvalue weighted by Crippen LogP contribution is 2.34. The standard InChI is InChI=1S/C18H20N2O2/c1-3-4-11-20-16-8-6-5-7-15(16)19-18(20)14-10-9-13(22-2)12-17(14)21/h5-10,12,21H,3-4,11H2,1-2H3. The minimum Gasteiger partial charge on any atom is -0.507 e. The second-order valence-corrected chi connectivity index (χ2v) is 5.31. The van der Waals surface area contributed by atoms with E-state index in [1.807, 2.05) is 30.3 Å². The van der Waals surface area contributed by atoms with Crippen molar-refractivity contribution in [2.45, 2.75) is 26.3 Å². The van der Waals surface area contributed by atoms with Gasteiger partial charge < -0.3 is 14.4 Å². The van der Waals surface area contributed by atoms with Crippen molar-refractivity contribution in [3.8, 4) is 22.9 Å². The summed E-state index contributed by atoms with van der Waals surface area (Å²) >= 11 is 0. The molecule has 22 heavy (non-hydrogen) atoms. The first-order valence-electron chi connectivity index (χ1n) is 7.57. The number of nitrogens with zero attached hydrogens (tertiary/aromatic N) is 2. The number of fused-ring (bicyclic) bond motifs is 1. The number of rotatable bonds is 5. The Bertz CT molecular complexity index is 793. The van der Waals surface area contributed by atoms with Crippen LogP contribution in [0.2, 0.25) is 0 Å². The first-order valence-corrected chi connectivity index (χ1v) is 7.57. The van der Waals surface area contributed by atoms with E-state index in [0.29, 0.717) is 5.75 Å². The fraction of sp³-hybridized carbons (Fsp3) is 0.278. The summed E-state index contributed by atoms with van der Waals surface area (Å²) in [5.41, 5.74) is 2.78. The van der Waals surface area contributed by atoms with Crippen molar-refractivity contribution in [2.24, 2.45) is 0 Å². The molecule has 0 aliphatic rings. The number of phenols is 1. The average molecular weight is 296 g/mol. The molecule has 0 amide bonds. The zero-order chi connectivity index (χ0) is 15.5. The number of para-hydroxylation sites is 2. The summed E-state index contributed by atoms with van der Waals surface area (Å²) in [6.07, 6.45) is 2.19. The van der Waals surface area contributed by atoms with E-state index in [9.17, 15) is 5.11 Å². The number of unbranched alkanes of at least 4 members (excludes halogenated alkanes) is 1. The molecule has 0 fully saturated rings. The molecule has 2 aromatic carbocycles. The number of imidazole rings is 1. The number of phenolic OH excluding ortho intramolecular Hbond substituents is 1. The average Bonchev–Trinajstić information content (AvgIpc) is 2.91. The predicted molar refractivity (Wildman–Crippen MR) is 88.3 cm³/mol. The molecule has 0 saturated heterocycles. The predicted octanol–water partition coefficient (Wildman–Crippen LogP) is 4.22. The first-order chi connectivity index (χ1) is 10.7. The highest BCUT2D eigenvalue weighted by atomic mass is 16.5. The van der Waals surface area contributed by atoms with E-state index in [0.717, 1.165) is 41.8 Å². The van der Waals surface area contributed by atoms with Gasteiger partial charge in [-0.2, -0.15) is 0 Å². The molecule has 0 aliphatic carbocycles. The summed E-state index contributed by atoms with van der Waals surface area (Å²) in [6.45, 7) is 3.06. The maximum absolute atomic E-state index is 10.3. The lowest BCUT2D eigenvalue weighted by atomic mass is 10.1. The van der Waals surface area contributed by atoms with Crippen LogP contribution < -0.4 is 4.74 Å². The Hall–Kier alpha value is -2.49. The third-order valence-corrected chi connectivity index (χ3v) is 3.84. The topological polar surface area (TPSA) is 47.3 Å². The number of aromatic nitrogens is 2. The van der Waals surface area contributed by atoms with E-state index in [2.05, 4.69) is 17.6 Å². The van der Waals surface area contributed by atoms with E-state index < -0.39 is 0 Å². The fourth-order valence-corrected chi connectivity index (χ4v) is 2.65. The Labute approximate surface area is 130 Å². The van der Waals surface area contributed by atoms with Crippen molar-refractivity contribution >= 4 is 11.0 Å². The van der Waals surface area contributed by atoms with Gasteiger partial charge in [0.25, 0.3) is 0 Å². The van der Waals surface area contributed by atoms with Gasteiger partial charge in [-0.15, -0.1) is 0 Å². The number of benzene rings is 2. The van der Waals surface area contributed by atoms with Crippen molar-refractivity contribution in [1.29, 1.82) is 0 Å². The molecule has 114 valence electrons. The third kappa shape index (κ3) is 2.52. The largest absolute Gasteiger partial charge is 0.507 e. The number of aromatic hydroxyl groups is 1. The Kier molecular flexibility index (Phi) is 4.00. The van der Waals surface area contributed by atoms with Crippen LogP contribution in [0.4, 0.5) is 0 Å². The van der Waals surface area contributed by atoms with Gasteiger partial charge >= 0.3 is 0 Å². The lowest BCUT2D eigenvalue weighted by molar-refractivity contribution is 0.408. The zero-order valence-electron chi connectivity index (χ0n) is 12.9. The first kappa shape index (κ1) is 14.4. The van der Waals surface area contributed by atoms with E-state index in [1.165, 1.54) is 0 Å². The van der Waals surface area contributed by atoms with Gasteiger partial charge in [-0.1, -0.05) is 25.5 Å². The maximum atomic E-state index is 10.3. The van der Waals surface area contributed by atoms with E-state index in [-0.39, 0.29) is 5.75 Å². The Morgan fingerprint density at radius 2 is 2.00 bits per heavy atom. The second kappa shape index (κ2) is 6.10. The van der Waals surface area contributed by atoms with Crippen LogP contribution in [0.25, 0.3) is 22.4 Å². The van der Waals surface area contributed by atoms with Gasteiger partial charge in [0.1, 0.15) is 17.3 Å². The molecule has 1 aromatic heterocycles. The van der Waals surface area contributed by atoms with E-state index >= 15 is 0 Å². The molecule has 3 aromatic rings. The third-order valence-electron chi connectivity index (χ3n) is 3.84. The Morgan fingerprint density at radius 1 is 1.18 bits per heavy atom. The minimum absolute atomic E-state index is 0.187. The summed E-state index contributed by atoms with van der Waals surface area (Å²) in [5.74, 6) is 1.62. The van der Waals surface area contributed by atoms with Crippen molar-refractivity contribution < 1.29 is 9.84 Å². The van der Waals surface area contributed by atoms with E-state index in [4.69, 9.17) is 9.72 Å². The highest BCUT2D eigenvalue weighted by Gasteiger charge is 2.15. The lowest BCUT2D eigenvalue weighted by Crippen LogP contribution is -2.00. The molecule has 4 nitrogen and oxygen atoms in total. The maximum Gasteiger partial charge on any atom is 0.144 e. The summed E-state index contributed by atoms with van der Waals surface area (Å²) in [5, 5.41) is 10.3. The monoisotopic (exact) mass is 296 g/mol. The summed E-state index contributed by atoms with van der Waals surface area (Å²) < 4.78 is 7.33. The molecule has 4 heteroatoms. The van der Waals surface area contributed by atoms with E-state index in [1.54, 1.807) is 13.2 Å². The van der Waals surface area contributed by atoms with Crippen LogP contribution in [0, 0.1) is 0 Å². The normalized spacial score (nSPS) is 11.0. The highest BCUT2D eigenvalue weighted by molar-refractivity contribution is 5.82. The van der Waals surface area contributed by atoms with Gasteiger partial charge in [-0.3, -0.25) is 0 Å². The van der Waals surface area contributed by atoms with Gasteiger partial charge in [0.05, 0.1) is 23.7 Å². The van der Waals surface area contributed by atoms with Crippen molar-refractivity contribution in [3.63, 3.8) is 0 Å². The number of hydrogen-bond donors (Lipinski definition) is 1. The van der Waals surface area contributed by atoms with Crippen LogP contribution >= 0.6 is 0 Å². The number of hydrogen-bond acceptors (Lipinski definition) is 3. The lowest BCUT2D eigenvalue weighted by Gasteiger charge is -2.10. The van der Waals surface area contributed by atoms with Gasteiger partial charge in [-0.05, 0) is 30.7 Å². The van der Waals surface area contributed by atoms with Gasteiger partial charge in [0.15, 0.2) is 0 Å². The van der Waals surface area contributed by atoms with Crippen LogP contribution in [0.15, 0.2) is 42.5 Å². The molecule has 1 heterocycles. The van der Waals surface area contributed by atoms with Gasteiger partial charge in [-0.25, -0.2) is 4.98 Å². The zero-order valence-corrected chi connectivity index (χ0v) is 12.9. The van der Waals surface area contributed by atoms with Crippen LogP contribution in [0.3, 0.4) is 0 Å². The molecule has 0 spiro atoms. The van der Waals surface area contributed by atoms with Crippen LogP contribution in [0.5, 0.6) is 11.5 Å². The number of methoxy groups -OCH3 is 1. The molecule has 3 rings (SSSR count). The summed E-state index contributed by atoms with van der Waals surface area (Å²) in [4.78, 5) is 4.71.